The highest BCUT2D eigenvalue weighted by Gasteiger charge is 2.14. The van der Waals surface area contributed by atoms with E-state index in [4.69, 9.17) is 38.2 Å². The molecule has 0 saturated carbocycles. The number of methoxy groups -OCH3 is 1. The SMILES string of the molecule is COC(C)Cc1noc(-c2cc(Cl)c(N)c(Cl)c2)n1. The fraction of sp³-hybridized carbons (Fsp3) is 0.333. The third kappa shape index (κ3) is 3.18. The Kier molecular flexibility index (Phi) is 4.29. The molecule has 0 aliphatic heterocycles. The van der Waals surface area contributed by atoms with Gasteiger partial charge in [-0.25, -0.2) is 0 Å². The molecule has 0 aliphatic rings. The molecule has 1 heterocycles. The summed E-state index contributed by atoms with van der Waals surface area (Å²) in [6, 6.07) is 3.28. The van der Waals surface area contributed by atoms with Gasteiger partial charge in [-0.05, 0) is 19.1 Å². The zero-order valence-corrected chi connectivity index (χ0v) is 12.0. The van der Waals surface area contributed by atoms with E-state index in [1.807, 2.05) is 6.92 Å². The molecule has 0 spiro atoms. The first-order chi connectivity index (χ1) is 9.01. The van der Waals surface area contributed by atoms with Gasteiger partial charge in [-0.1, -0.05) is 28.4 Å². The van der Waals surface area contributed by atoms with Gasteiger partial charge in [0.15, 0.2) is 5.82 Å². The van der Waals surface area contributed by atoms with Gasteiger partial charge in [0, 0.05) is 19.1 Å². The average Bonchev–Trinajstić information content (AvgIpc) is 2.83. The van der Waals surface area contributed by atoms with Crippen LogP contribution in [0.1, 0.15) is 12.7 Å². The monoisotopic (exact) mass is 301 g/mol. The minimum Gasteiger partial charge on any atom is -0.396 e. The summed E-state index contributed by atoms with van der Waals surface area (Å²) in [7, 11) is 1.63. The number of hydrogen-bond donors (Lipinski definition) is 1. The maximum Gasteiger partial charge on any atom is 0.258 e. The minimum atomic E-state index is 0.0176. The zero-order valence-electron chi connectivity index (χ0n) is 10.5. The van der Waals surface area contributed by atoms with E-state index < -0.39 is 0 Å². The molecule has 0 aliphatic carbocycles. The Morgan fingerprint density at radius 2 is 2.00 bits per heavy atom. The van der Waals surface area contributed by atoms with Crippen molar-refractivity contribution in [1.29, 1.82) is 0 Å². The normalized spacial score (nSPS) is 12.6. The highest BCUT2D eigenvalue weighted by Crippen LogP contribution is 2.32. The molecule has 1 atom stereocenters. The lowest BCUT2D eigenvalue weighted by Gasteiger charge is -2.04. The van der Waals surface area contributed by atoms with E-state index in [1.165, 1.54) is 0 Å². The van der Waals surface area contributed by atoms with Gasteiger partial charge < -0.3 is 15.0 Å². The molecule has 5 nitrogen and oxygen atoms in total. The van der Waals surface area contributed by atoms with Gasteiger partial charge in [0.1, 0.15) is 0 Å². The van der Waals surface area contributed by atoms with E-state index in [9.17, 15) is 0 Å². The lowest BCUT2D eigenvalue weighted by molar-refractivity contribution is 0.116. The van der Waals surface area contributed by atoms with Crippen LogP contribution in [-0.2, 0) is 11.2 Å². The van der Waals surface area contributed by atoms with E-state index in [1.54, 1.807) is 19.2 Å². The first-order valence-electron chi connectivity index (χ1n) is 5.61. The molecule has 1 aromatic heterocycles. The molecule has 1 aromatic carbocycles. The summed E-state index contributed by atoms with van der Waals surface area (Å²) in [5.74, 6) is 0.913. The molecular weight excluding hydrogens is 289 g/mol. The summed E-state index contributed by atoms with van der Waals surface area (Å²) in [5.41, 5.74) is 6.64. The number of nitrogen functional groups attached to an aromatic ring is 1. The van der Waals surface area contributed by atoms with Crippen molar-refractivity contribution in [1.82, 2.24) is 10.1 Å². The lowest BCUT2D eigenvalue weighted by atomic mass is 10.2. The number of halogens is 2. The second-order valence-electron chi connectivity index (χ2n) is 4.12. The predicted octanol–water partition coefficient (Wildman–Crippen LogP) is 3.20. The quantitative estimate of drug-likeness (QED) is 0.878. The van der Waals surface area contributed by atoms with E-state index in [2.05, 4.69) is 10.1 Å². The predicted molar refractivity (Wildman–Crippen MR) is 74.3 cm³/mol. The van der Waals surface area contributed by atoms with Crippen LogP contribution in [0, 0.1) is 0 Å². The molecule has 0 radical (unpaired) electrons. The second-order valence-corrected chi connectivity index (χ2v) is 4.93. The Labute approximate surface area is 120 Å². The second kappa shape index (κ2) is 5.77. The summed E-state index contributed by atoms with van der Waals surface area (Å²) >= 11 is 11.9. The van der Waals surface area contributed by atoms with Gasteiger partial charge in [0.05, 0.1) is 21.8 Å². The van der Waals surface area contributed by atoms with Crippen molar-refractivity contribution in [3.8, 4) is 11.5 Å². The topological polar surface area (TPSA) is 74.2 Å². The fourth-order valence-corrected chi connectivity index (χ4v) is 1.99. The van der Waals surface area contributed by atoms with Crippen LogP contribution in [0.3, 0.4) is 0 Å². The van der Waals surface area contributed by atoms with Gasteiger partial charge in [-0.15, -0.1) is 0 Å². The third-order valence-electron chi connectivity index (χ3n) is 2.67. The van der Waals surface area contributed by atoms with Crippen LogP contribution in [0.2, 0.25) is 10.0 Å². The number of ether oxygens (including phenoxy) is 1. The maximum atomic E-state index is 5.96. The minimum absolute atomic E-state index is 0.0176. The van der Waals surface area contributed by atoms with Gasteiger partial charge >= 0.3 is 0 Å². The van der Waals surface area contributed by atoms with E-state index >= 15 is 0 Å². The molecule has 2 rings (SSSR count). The lowest BCUT2D eigenvalue weighted by Crippen LogP contribution is -2.09. The molecule has 1 unspecified atom stereocenters. The van der Waals surface area contributed by atoms with Crippen LogP contribution in [0.25, 0.3) is 11.5 Å². The van der Waals surface area contributed by atoms with Crippen molar-refractivity contribution in [3.05, 3.63) is 28.0 Å². The molecule has 0 saturated heterocycles. The van der Waals surface area contributed by atoms with Crippen molar-refractivity contribution in [2.75, 3.05) is 12.8 Å². The van der Waals surface area contributed by atoms with Crippen molar-refractivity contribution in [3.63, 3.8) is 0 Å². The number of aromatic nitrogens is 2. The number of hydrogen-bond acceptors (Lipinski definition) is 5. The molecule has 7 heteroatoms. The molecule has 2 N–H and O–H groups in total. The van der Waals surface area contributed by atoms with Gasteiger partial charge in [0.2, 0.25) is 0 Å². The van der Waals surface area contributed by atoms with Crippen LogP contribution in [0.4, 0.5) is 5.69 Å². The fourth-order valence-electron chi connectivity index (χ4n) is 1.50. The standard InChI is InChI=1S/C12H13Cl2N3O2/c1-6(18-2)3-10-16-12(19-17-10)7-4-8(13)11(15)9(14)5-7/h4-6H,3,15H2,1-2H3. The average molecular weight is 302 g/mol. The number of nitrogens with two attached hydrogens (primary N) is 1. The smallest absolute Gasteiger partial charge is 0.258 e. The number of rotatable bonds is 4. The van der Waals surface area contributed by atoms with Crippen LogP contribution < -0.4 is 5.73 Å². The molecule has 19 heavy (non-hydrogen) atoms. The van der Waals surface area contributed by atoms with Crippen molar-refractivity contribution in [2.24, 2.45) is 0 Å². The number of nitrogens with zero attached hydrogens (tertiary/aromatic N) is 2. The maximum absolute atomic E-state index is 5.96. The largest absolute Gasteiger partial charge is 0.396 e. The van der Waals surface area contributed by atoms with Gasteiger partial charge in [-0.3, -0.25) is 0 Å². The highest BCUT2D eigenvalue weighted by atomic mass is 35.5. The summed E-state index contributed by atoms with van der Waals surface area (Å²) < 4.78 is 10.3. The molecule has 0 bridgehead atoms. The molecule has 0 fully saturated rings. The highest BCUT2D eigenvalue weighted by molar-refractivity contribution is 6.39. The van der Waals surface area contributed by atoms with Crippen molar-refractivity contribution < 1.29 is 9.26 Å². The Morgan fingerprint density at radius 3 is 2.58 bits per heavy atom. The van der Waals surface area contributed by atoms with Crippen LogP contribution in [-0.4, -0.2) is 23.4 Å². The van der Waals surface area contributed by atoms with Crippen molar-refractivity contribution in [2.45, 2.75) is 19.4 Å². The van der Waals surface area contributed by atoms with Crippen LogP contribution in [0.15, 0.2) is 16.7 Å². The van der Waals surface area contributed by atoms with E-state index in [0.717, 1.165) is 0 Å². The van der Waals surface area contributed by atoms with Gasteiger partial charge in [-0.2, -0.15) is 4.98 Å². The Morgan fingerprint density at radius 1 is 1.37 bits per heavy atom. The molecule has 102 valence electrons. The third-order valence-corrected chi connectivity index (χ3v) is 3.29. The van der Waals surface area contributed by atoms with E-state index in [0.29, 0.717) is 39.4 Å². The molecular formula is C12H13Cl2N3O2. The molecule has 0 amide bonds. The first-order valence-corrected chi connectivity index (χ1v) is 6.37. The zero-order chi connectivity index (χ0) is 14.0. The summed E-state index contributed by atoms with van der Waals surface area (Å²) in [6.07, 6.45) is 0.584. The summed E-state index contributed by atoms with van der Waals surface area (Å²) in [4.78, 5) is 4.26. The summed E-state index contributed by atoms with van der Waals surface area (Å²) in [6.45, 7) is 1.92. The van der Waals surface area contributed by atoms with E-state index in [-0.39, 0.29) is 6.10 Å². The van der Waals surface area contributed by atoms with Crippen molar-refractivity contribution >= 4 is 28.9 Å². The van der Waals surface area contributed by atoms with Gasteiger partial charge in [0.25, 0.3) is 5.89 Å². The number of anilines is 1. The van der Waals surface area contributed by atoms with Crippen LogP contribution in [0.5, 0.6) is 0 Å². The number of benzene rings is 1. The Balaban J connectivity index is 2.28. The molecule has 2 aromatic rings. The summed E-state index contributed by atoms with van der Waals surface area (Å²) in [5, 5.41) is 4.59. The Hall–Kier alpha value is -1.30. The van der Waals surface area contributed by atoms with Crippen LogP contribution >= 0.6 is 23.2 Å². The Bertz CT molecular complexity index is 563. The first kappa shape index (κ1) is 14.1.